The largest absolute Gasteiger partial charge is 0.383 e. The van der Waals surface area contributed by atoms with E-state index in [4.69, 9.17) is 4.74 Å². The fourth-order valence-corrected chi connectivity index (χ4v) is 3.09. The van der Waals surface area contributed by atoms with E-state index in [2.05, 4.69) is 5.32 Å². The highest BCUT2D eigenvalue weighted by Crippen LogP contribution is 2.18. The second-order valence-electron chi connectivity index (χ2n) is 5.02. The summed E-state index contributed by atoms with van der Waals surface area (Å²) < 4.78 is 30.6. The Bertz CT molecular complexity index is 660. The van der Waals surface area contributed by atoms with Gasteiger partial charge in [0.05, 0.1) is 16.4 Å². The van der Waals surface area contributed by atoms with Crippen LogP contribution in [0.1, 0.15) is 12.8 Å². The highest BCUT2D eigenvalue weighted by Gasteiger charge is 2.21. The average molecular weight is 359 g/mol. The molecule has 1 aromatic carbocycles. The third-order valence-electron chi connectivity index (χ3n) is 3.26. The maximum atomic E-state index is 12.3. The van der Waals surface area contributed by atoms with Crippen LogP contribution >= 0.6 is 0 Å². The van der Waals surface area contributed by atoms with Gasteiger partial charge in [-0.1, -0.05) is 0 Å². The maximum absolute atomic E-state index is 12.3. The minimum atomic E-state index is -3.74. The van der Waals surface area contributed by atoms with E-state index in [0.717, 1.165) is 16.4 Å². The summed E-state index contributed by atoms with van der Waals surface area (Å²) in [6.45, 7) is 0.990. The van der Waals surface area contributed by atoms with Gasteiger partial charge in [-0.2, -0.15) is 0 Å². The van der Waals surface area contributed by atoms with E-state index in [-0.39, 0.29) is 29.5 Å². The monoisotopic (exact) mass is 359 g/mol. The van der Waals surface area contributed by atoms with Gasteiger partial charge in [0.2, 0.25) is 15.9 Å². The lowest BCUT2D eigenvalue weighted by atomic mass is 10.3. The number of hydrogen-bond acceptors (Lipinski definition) is 6. The van der Waals surface area contributed by atoms with Crippen LogP contribution in [0, 0.1) is 10.1 Å². The number of nitrogens with zero attached hydrogens (tertiary/aromatic N) is 2. The molecule has 1 rings (SSSR count). The Morgan fingerprint density at radius 3 is 2.50 bits per heavy atom. The lowest BCUT2D eigenvalue weighted by molar-refractivity contribution is -0.384. The van der Waals surface area contributed by atoms with Gasteiger partial charge in [-0.25, -0.2) is 12.7 Å². The molecule has 0 heterocycles. The van der Waals surface area contributed by atoms with E-state index >= 15 is 0 Å². The maximum Gasteiger partial charge on any atom is 0.269 e. The molecule has 0 aromatic heterocycles. The molecular weight excluding hydrogens is 338 g/mol. The summed E-state index contributed by atoms with van der Waals surface area (Å²) in [7, 11) is -0.807. The van der Waals surface area contributed by atoms with Crippen LogP contribution in [-0.2, 0) is 19.6 Å². The predicted octanol–water partition coefficient (Wildman–Crippen LogP) is 0.758. The standard InChI is InChI=1S/C14H21N3O6S/c1-16(10-3-4-14(18)15-9-11-23-2)24(21,22)13-7-5-12(6-8-13)17(19)20/h5-8H,3-4,9-11H2,1-2H3,(H,15,18). The van der Waals surface area contributed by atoms with Gasteiger partial charge in [-0.15, -0.1) is 0 Å². The molecule has 0 aliphatic heterocycles. The fourth-order valence-electron chi connectivity index (χ4n) is 1.88. The van der Waals surface area contributed by atoms with Gasteiger partial charge in [0, 0.05) is 45.8 Å². The number of carbonyl (C=O) groups excluding carboxylic acids is 1. The molecule has 1 N–H and O–H groups in total. The molecular formula is C14H21N3O6S. The highest BCUT2D eigenvalue weighted by molar-refractivity contribution is 7.89. The van der Waals surface area contributed by atoms with Gasteiger partial charge in [0.15, 0.2) is 0 Å². The number of rotatable bonds is 10. The van der Waals surface area contributed by atoms with Crippen molar-refractivity contribution in [3.05, 3.63) is 34.4 Å². The van der Waals surface area contributed by atoms with Crippen LogP contribution in [0.3, 0.4) is 0 Å². The molecule has 1 aromatic rings. The van der Waals surface area contributed by atoms with Crippen molar-refractivity contribution < 1.29 is 22.9 Å². The molecule has 10 heteroatoms. The van der Waals surface area contributed by atoms with Crippen LogP contribution in [0.2, 0.25) is 0 Å². The van der Waals surface area contributed by atoms with Crippen LogP contribution < -0.4 is 5.32 Å². The average Bonchev–Trinajstić information content (AvgIpc) is 2.55. The number of amides is 1. The van der Waals surface area contributed by atoms with Gasteiger partial charge in [0.25, 0.3) is 5.69 Å². The van der Waals surface area contributed by atoms with Crippen molar-refractivity contribution in [2.75, 3.05) is 33.9 Å². The number of hydrogen-bond donors (Lipinski definition) is 1. The molecule has 0 aliphatic rings. The Kier molecular flexibility index (Phi) is 7.75. The number of nitro groups is 1. The lowest BCUT2D eigenvalue weighted by Crippen LogP contribution is -2.30. The number of ether oxygens (including phenoxy) is 1. The van der Waals surface area contributed by atoms with Crippen molar-refractivity contribution in [3.63, 3.8) is 0 Å². The van der Waals surface area contributed by atoms with Crippen LogP contribution in [0.15, 0.2) is 29.2 Å². The van der Waals surface area contributed by atoms with Crippen LogP contribution in [0.5, 0.6) is 0 Å². The van der Waals surface area contributed by atoms with Gasteiger partial charge >= 0.3 is 0 Å². The highest BCUT2D eigenvalue weighted by atomic mass is 32.2. The summed E-state index contributed by atoms with van der Waals surface area (Å²) in [4.78, 5) is 21.5. The van der Waals surface area contributed by atoms with E-state index in [1.54, 1.807) is 0 Å². The number of nitro benzene ring substituents is 1. The molecule has 0 saturated carbocycles. The Balaban J connectivity index is 2.55. The Labute approximate surface area is 140 Å². The molecule has 9 nitrogen and oxygen atoms in total. The smallest absolute Gasteiger partial charge is 0.269 e. The first kappa shape index (κ1) is 20.0. The quantitative estimate of drug-likeness (QED) is 0.374. The number of carbonyl (C=O) groups is 1. The van der Waals surface area contributed by atoms with Crippen molar-refractivity contribution in [2.24, 2.45) is 0 Å². The van der Waals surface area contributed by atoms with E-state index in [1.807, 2.05) is 0 Å². The van der Waals surface area contributed by atoms with Crippen molar-refractivity contribution >= 4 is 21.6 Å². The minimum absolute atomic E-state index is 0.0276. The number of sulfonamides is 1. The molecule has 0 unspecified atom stereocenters. The van der Waals surface area contributed by atoms with Crippen LogP contribution in [0.4, 0.5) is 5.69 Å². The number of non-ortho nitro benzene ring substituents is 1. The number of benzene rings is 1. The van der Waals surface area contributed by atoms with Crippen molar-refractivity contribution in [1.82, 2.24) is 9.62 Å². The summed E-state index contributed by atoms with van der Waals surface area (Å²) in [6.07, 6.45) is 0.561. The molecule has 1 amide bonds. The Morgan fingerprint density at radius 1 is 1.33 bits per heavy atom. The third kappa shape index (κ3) is 5.87. The Hall–Kier alpha value is -2.04. The molecule has 24 heavy (non-hydrogen) atoms. The van der Waals surface area contributed by atoms with E-state index in [1.165, 1.54) is 26.3 Å². The molecule has 0 spiro atoms. The topological polar surface area (TPSA) is 119 Å². The third-order valence-corrected chi connectivity index (χ3v) is 5.13. The van der Waals surface area contributed by atoms with E-state index in [9.17, 15) is 23.3 Å². The van der Waals surface area contributed by atoms with Crippen molar-refractivity contribution in [1.29, 1.82) is 0 Å². The summed E-state index contributed by atoms with van der Waals surface area (Å²) in [5, 5.41) is 13.2. The SMILES string of the molecule is COCCNC(=O)CCCN(C)S(=O)(=O)c1ccc([N+](=O)[O-])cc1. The van der Waals surface area contributed by atoms with Gasteiger partial charge in [-0.3, -0.25) is 14.9 Å². The van der Waals surface area contributed by atoms with Gasteiger partial charge in [-0.05, 0) is 18.6 Å². The fraction of sp³-hybridized carbons (Fsp3) is 0.500. The lowest BCUT2D eigenvalue weighted by Gasteiger charge is -2.17. The zero-order valence-corrected chi connectivity index (χ0v) is 14.4. The van der Waals surface area contributed by atoms with Crippen LogP contribution in [0.25, 0.3) is 0 Å². The molecule has 0 fully saturated rings. The normalized spacial score (nSPS) is 11.5. The van der Waals surface area contributed by atoms with E-state index < -0.39 is 14.9 Å². The summed E-state index contributed by atoms with van der Waals surface area (Å²) in [6, 6.07) is 4.68. The molecule has 0 saturated heterocycles. The van der Waals surface area contributed by atoms with Crippen molar-refractivity contribution in [3.8, 4) is 0 Å². The van der Waals surface area contributed by atoms with Gasteiger partial charge in [0.1, 0.15) is 0 Å². The zero-order chi connectivity index (χ0) is 18.2. The summed E-state index contributed by atoms with van der Waals surface area (Å²) in [5.41, 5.74) is -0.177. The summed E-state index contributed by atoms with van der Waals surface area (Å²) >= 11 is 0. The first-order valence-electron chi connectivity index (χ1n) is 7.25. The minimum Gasteiger partial charge on any atom is -0.383 e. The molecule has 0 radical (unpaired) electrons. The predicted molar refractivity (Wildman–Crippen MR) is 87.0 cm³/mol. The molecule has 0 bridgehead atoms. The number of methoxy groups -OCH3 is 1. The van der Waals surface area contributed by atoms with Crippen LogP contribution in [-0.4, -0.2) is 57.4 Å². The second-order valence-corrected chi connectivity index (χ2v) is 7.07. The molecule has 0 atom stereocenters. The second kappa shape index (κ2) is 9.30. The van der Waals surface area contributed by atoms with E-state index in [0.29, 0.717) is 19.6 Å². The zero-order valence-electron chi connectivity index (χ0n) is 13.6. The first-order chi connectivity index (χ1) is 11.3. The van der Waals surface area contributed by atoms with Crippen molar-refractivity contribution in [2.45, 2.75) is 17.7 Å². The Morgan fingerprint density at radius 2 is 1.96 bits per heavy atom. The molecule has 134 valence electrons. The molecule has 0 aliphatic carbocycles. The summed E-state index contributed by atoms with van der Waals surface area (Å²) in [5.74, 6) is -0.173. The first-order valence-corrected chi connectivity index (χ1v) is 8.69. The van der Waals surface area contributed by atoms with Gasteiger partial charge < -0.3 is 10.1 Å². The number of nitrogens with one attached hydrogen (secondary N) is 1.